The summed E-state index contributed by atoms with van der Waals surface area (Å²) in [5, 5.41) is 2.42. The van der Waals surface area contributed by atoms with Gasteiger partial charge in [-0.3, -0.25) is 0 Å². The second-order valence-electron chi connectivity index (χ2n) is 3.49. The zero-order valence-corrected chi connectivity index (χ0v) is 9.42. The van der Waals surface area contributed by atoms with E-state index in [9.17, 15) is 13.2 Å². The lowest BCUT2D eigenvalue weighted by Crippen LogP contribution is -2.35. The van der Waals surface area contributed by atoms with Crippen molar-refractivity contribution in [3.8, 4) is 5.75 Å². The van der Waals surface area contributed by atoms with E-state index in [1.807, 2.05) is 0 Å². The first kappa shape index (κ1) is 13.4. The van der Waals surface area contributed by atoms with Crippen LogP contribution in [0.1, 0.15) is 6.42 Å². The first-order valence-electron chi connectivity index (χ1n) is 5.05. The maximum Gasteiger partial charge on any atom is 0.408 e. The van der Waals surface area contributed by atoms with Gasteiger partial charge in [0.15, 0.2) is 0 Å². The van der Waals surface area contributed by atoms with E-state index in [0.717, 1.165) is 0 Å². The third-order valence-corrected chi connectivity index (χ3v) is 2.23. The summed E-state index contributed by atoms with van der Waals surface area (Å²) >= 11 is 0. The fourth-order valence-corrected chi connectivity index (χ4v) is 1.33. The molecule has 1 aromatic carbocycles. The molecule has 0 spiro atoms. The van der Waals surface area contributed by atoms with Crippen LogP contribution in [0.25, 0.3) is 0 Å². The molecule has 0 heterocycles. The highest BCUT2D eigenvalue weighted by atomic mass is 19.4. The molecule has 0 saturated heterocycles. The van der Waals surface area contributed by atoms with Gasteiger partial charge in [0.05, 0.1) is 7.11 Å². The van der Waals surface area contributed by atoms with Crippen LogP contribution in [-0.4, -0.2) is 19.3 Å². The first-order chi connectivity index (χ1) is 7.97. The fraction of sp³-hybridized carbons (Fsp3) is 0.333. The average Bonchev–Trinajstić information content (AvgIpc) is 2.28. The Bertz CT molecular complexity index is 359. The standard InChI is InChI=1S/C12H14F3NO/c1-3-4-11(12(13,14)15)16-9-5-7-10(17-2)8-6-9/h3,5-8,11,16H,1,4H2,2H3. The highest BCUT2D eigenvalue weighted by molar-refractivity contribution is 5.47. The van der Waals surface area contributed by atoms with Crippen LogP contribution in [0.15, 0.2) is 36.9 Å². The Morgan fingerprint density at radius 2 is 1.94 bits per heavy atom. The molecule has 0 radical (unpaired) electrons. The summed E-state index contributed by atoms with van der Waals surface area (Å²) in [5.41, 5.74) is 0.398. The number of anilines is 1. The van der Waals surface area contributed by atoms with E-state index < -0.39 is 12.2 Å². The molecule has 0 aliphatic heterocycles. The zero-order valence-electron chi connectivity index (χ0n) is 9.42. The van der Waals surface area contributed by atoms with Crippen molar-refractivity contribution >= 4 is 5.69 Å². The van der Waals surface area contributed by atoms with Gasteiger partial charge in [-0.2, -0.15) is 13.2 Å². The van der Waals surface area contributed by atoms with Gasteiger partial charge in [0.1, 0.15) is 11.8 Å². The van der Waals surface area contributed by atoms with Gasteiger partial charge in [0.2, 0.25) is 0 Å². The van der Waals surface area contributed by atoms with Crippen molar-refractivity contribution in [3.63, 3.8) is 0 Å². The maximum absolute atomic E-state index is 12.6. The molecule has 1 aromatic rings. The van der Waals surface area contributed by atoms with E-state index in [1.54, 1.807) is 24.3 Å². The van der Waals surface area contributed by atoms with E-state index >= 15 is 0 Å². The lowest BCUT2D eigenvalue weighted by atomic mass is 10.2. The molecular formula is C12H14F3NO. The van der Waals surface area contributed by atoms with Crippen LogP contribution in [0.5, 0.6) is 5.75 Å². The van der Waals surface area contributed by atoms with Gasteiger partial charge in [-0.15, -0.1) is 6.58 Å². The average molecular weight is 245 g/mol. The lowest BCUT2D eigenvalue weighted by Gasteiger charge is -2.21. The Morgan fingerprint density at radius 3 is 2.35 bits per heavy atom. The minimum Gasteiger partial charge on any atom is -0.497 e. The number of methoxy groups -OCH3 is 1. The highest BCUT2D eigenvalue weighted by Crippen LogP contribution is 2.26. The van der Waals surface area contributed by atoms with Crippen molar-refractivity contribution in [1.82, 2.24) is 0 Å². The molecule has 94 valence electrons. The number of hydrogen-bond donors (Lipinski definition) is 1. The third kappa shape index (κ3) is 4.01. The van der Waals surface area contributed by atoms with Crippen molar-refractivity contribution in [2.75, 3.05) is 12.4 Å². The third-order valence-electron chi connectivity index (χ3n) is 2.23. The van der Waals surface area contributed by atoms with E-state index in [4.69, 9.17) is 4.74 Å². The van der Waals surface area contributed by atoms with Crippen LogP contribution in [0, 0.1) is 0 Å². The largest absolute Gasteiger partial charge is 0.497 e. The van der Waals surface area contributed by atoms with E-state index in [0.29, 0.717) is 11.4 Å². The van der Waals surface area contributed by atoms with Gasteiger partial charge in [-0.1, -0.05) is 6.08 Å². The van der Waals surface area contributed by atoms with Crippen molar-refractivity contribution in [2.24, 2.45) is 0 Å². The molecule has 0 saturated carbocycles. The van der Waals surface area contributed by atoms with Gasteiger partial charge < -0.3 is 10.1 Å². The summed E-state index contributed by atoms with van der Waals surface area (Å²) < 4.78 is 42.7. The Morgan fingerprint density at radius 1 is 1.35 bits per heavy atom. The quantitative estimate of drug-likeness (QED) is 0.800. The van der Waals surface area contributed by atoms with Crippen molar-refractivity contribution in [2.45, 2.75) is 18.6 Å². The highest BCUT2D eigenvalue weighted by Gasteiger charge is 2.38. The van der Waals surface area contributed by atoms with Crippen molar-refractivity contribution in [3.05, 3.63) is 36.9 Å². The Kier molecular flexibility index (Phi) is 4.43. The minimum atomic E-state index is -4.30. The van der Waals surface area contributed by atoms with Crippen LogP contribution < -0.4 is 10.1 Å². The lowest BCUT2D eigenvalue weighted by molar-refractivity contribution is -0.141. The van der Waals surface area contributed by atoms with Crippen LogP contribution in [0.3, 0.4) is 0 Å². The Hall–Kier alpha value is -1.65. The number of halogens is 3. The molecule has 0 aliphatic carbocycles. The molecule has 0 fully saturated rings. The second-order valence-corrected chi connectivity index (χ2v) is 3.49. The van der Waals surface area contributed by atoms with Crippen molar-refractivity contribution in [1.29, 1.82) is 0 Å². The predicted octanol–water partition coefficient (Wildman–Crippen LogP) is 3.61. The SMILES string of the molecule is C=CCC(Nc1ccc(OC)cc1)C(F)(F)F. The summed E-state index contributed by atoms with van der Waals surface area (Å²) in [5.74, 6) is 0.600. The van der Waals surface area contributed by atoms with Crippen LogP contribution in [0.4, 0.5) is 18.9 Å². The molecule has 1 N–H and O–H groups in total. The predicted molar refractivity (Wildman–Crippen MR) is 61.3 cm³/mol. The van der Waals surface area contributed by atoms with Gasteiger partial charge in [0, 0.05) is 5.69 Å². The van der Waals surface area contributed by atoms with Crippen LogP contribution in [0.2, 0.25) is 0 Å². The number of hydrogen-bond acceptors (Lipinski definition) is 2. The second kappa shape index (κ2) is 5.61. The number of nitrogens with one attached hydrogen (secondary N) is 1. The van der Waals surface area contributed by atoms with Gasteiger partial charge in [-0.05, 0) is 30.7 Å². The molecule has 0 amide bonds. The van der Waals surface area contributed by atoms with Gasteiger partial charge in [0.25, 0.3) is 0 Å². The normalized spacial score (nSPS) is 12.9. The summed E-state index contributed by atoms with van der Waals surface area (Å²) in [6.07, 6.45) is -3.22. The number of alkyl halides is 3. The summed E-state index contributed by atoms with van der Waals surface area (Å²) in [6, 6.07) is 4.67. The number of ether oxygens (including phenoxy) is 1. The molecular weight excluding hydrogens is 231 g/mol. The van der Waals surface area contributed by atoms with E-state index in [-0.39, 0.29) is 6.42 Å². The van der Waals surface area contributed by atoms with E-state index in [2.05, 4.69) is 11.9 Å². The topological polar surface area (TPSA) is 21.3 Å². The van der Waals surface area contributed by atoms with Gasteiger partial charge in [-0.25, -0.2) is 0 Å². The maximum atomic E-state index is 12.6. The molecule has 2 nitrogen and oxygen atoms in total. The number of rotatable bonds is 5. The molecule has 0 aromatic heterocycles. The number of benzene rings is 1. The smallest absolute Gasteiger partial charge is 0.408 e. The molecule has 17 heavy (non-hydrogen) atoms. The van der Waals surface area contributed by atoms with Gasteiger partial charge >= 0.3 is 6.18 Å². The Balaban J connectivity index is 2.75. The van der Waals surface area contributed by atoms with Crippen LogP contribution in [-0.2, 0) is 0 Å². The fourth-order valence-electron chi connectivity index (χ4n) is 1.33. The molecule has 1 rings (SSSR count). The first-order valence-corrected chi connectivity index (χ1v) is 5.05. The molecule has 5 heteroatoms. The Labute approximate surface area is 98.1 Å². The summed E-state index contributed by atoms with van der Waals surface area (Å²) in [4.78, 5) is 0. The van der Waals surface area contributed by atoms with Crippen molar-refractivity contribution < 1.29 is 17.9 Å². The summed E-state index contributed by atoms with van der Waals surface area (Å²) in [6.45, 7) is 3.32. The molecule has 1 unspecified atom stereocenters. The van der Waals surface area contributed by atoms with Crippen LogP contribution >= 0.6 is 0 Å². The summed E-state index contributed by atoms with van der Waals surface area (Å²) in [7, 11) is 1.50. The molecule has 0 bridgehead atoms. The monoisotopic (exact) mass is 245 g/mol. The minimum absolute atomic E-state index is 0.171. The van der Waals surface area contributed by atoms with E-state index in [1.165, 1.54) is 13.2 Å². The molecule has 1 atom stereocenters. The molecule has 0 aliphatic rings. The zero-order chi connectivity index (χ0) is 12.9.